The molecule has 6 heteroatoms. The molecular formula is C16H26N4OS. The van der Waals surface area contributed by atoms with E-state index in [0.29, 0.717) is 6.54 Å². The van der Waals surface area contributed by atoms with Gasteiger partial charge in [-0.25, -0.2) is 4.98 Å². The predicted molar refractivity (Wildman–Crippen MR) is 90.1 cm³/mol. The highest BCUT2D eigenvalue weighted by Crippen LogP contribution is 2.25. The van der Waals surface area contributed by atoms with Crippen LogP contribution < -0.4 is 5.32 Å². The molecule has 0 fully saturated rings. The van der Waals surface area contributed by atoms with Gasteiger partial charge in [-0.1, -0.05) is 20.8 Å². The molecule has 0 saturated heterocycles. The number of hydrogen-bond acceptors (Lipinski definition) is 5. The van der Waals surface area contributed by atoms with Gasteiger partial charge in [-0.05, 0) is 13.8 Å². The fourth-order valence-corrected chi connectivity index (χ4v) is 3.26. The first kappa shape index (κ1) is 17.1. The Morgan fingerprint density at radius 2 is 2.00 bits per heavy atom. The number of aryl methyl sites for hydroxylation is 1. The maximum atomic E-state index is 9.05. The zero-order valence-electron chi connectivity index (χ0n) is 14.1. The molecule has 0 spiro atoms. The first-order valence-electron chi connectivity index (χ1n) is 7.62. The molecule has 0 amide bonds. The minimum atomic E-state index is 0.113. The molecule has 0 atom stereocenters. The number of nitrogens with zero attached hydrogens (tertiary/aromatic N) is 3. The summed E-state index contributed by atoms with van der Waals surface area (Å²) in [4.78, 5) is 4.69. The molecule has 22 heavy (non-hydrogen) atoms. The molecular weight excluding hydrogens is 296 g/mol. The van der Waals surface area contributed by atoms with E-state index in [1.807, 2.05) is 18.5 Å². The minimum Gasteiger partial charge on any atom is -0.394 e. The summed E-state index contributed by atoms with van der Waals surface area (Å²) in [6, 6.07) is 0. The van der Waals surface area contributed by atoms with Gasteiger partial charge in [-0.15, -0.1) is 11.3 Å². The molecule has 2 aromatic heterocycles. The lowest BCUT2D eigenvalue weighted by Crippen LogP contribution is -2.15. The summed E-state index contributed by atoms with van der Waals surface area (Å²) in [6.45, 7) is 12.8. The van der Waals surface area contributed by atoms with Crippen molar-refractivity contribution in [3.8, 4) is 0 Å². The summed E-state index contributed by atoms with van der Waals surface area (Å²) in [7, 11) is 0. The third-order valence-electron chi connectivity index (χ3n) is 3.64. The van der Waals surface area contributed by atoms with E-state index >= 15 is 0 Å². The Hall–Kier alpha value is -1.24. The van der Waals surface area contributed by atoms with Crippen molar-refractivity contribution in [2.45, 2.75) is 59.7 Å². The molecule has 0 unspecified atom stereocenters. The standard InChI is InChI=1S/C16H26N4OS/c1-11-14(12(2)20(19-11)6-7-21)9-17-8-13-10-22-15(18-13)16(3,4)5/h10,17,21H,6-9H2,1-5H3. The Bertz CT molecular complexity index is 625. The van der Waals surface area contributed by atoms with Crippen LogP contribution in [0.3, 0.4) is 0 Å². The van der Waals surface area contributed by atoms with Crippen molar-refractivity contribution in [1.29, 1.82) is 0 Å². The molecule has 0 aromatic carbocycles. The average Bonchev–Trinajstić information content (AvgIpc) is 2.99. The second-order valence-electron chi connectivity index (χ2n) is 6.59. The summed E-state index contributed by atoms with van der Waals surface area (Å²) in [5, 5.41) is 20.3. The van der Waals surface area contributed by atoms with Gasteiger partial charge in [-0.3, -0.25) is 4.68 Å². The lowest BCUT2D eigenvalue weighted by atomic mass is 9.98. The summed E-state index contributed by atoms with van der Waals surface area (Å²) < 4.78 is 1.87. The number of nitrogens with one attached hydrogen (secondary N) is 1. The highest BCUT2D eigenvalue weighted by Gasteiger charge is 2.18. The van der Waals surface area contributed by atoms with Crippen molar-refractivity contribution < 1.29 is 5.11 Å². The molecule has 122 valence electrons. The summed E-state index contributed by atoms with van der Waals surface area (Å²) in [5.41, 5.74) is 4.55. The number of aliphatic hydroxyl groups is 1. The number of thiazole rings is 1. The van der Waals surface area contributed by atoms with Gasteiger partial charge in [0.05, 0.1) is 29.5 Å². The minimum absolute atomic E-state index is 0.113. The molecule has 0 aliphatic carbocycles. The van der Waals surface area contributed by atoms with E-state index in [2.05, 4.69) is 36.6 Å². The third kappa shape index (κ3) is 3.94. The highest BCUT2D eigenvalue weighted by molar-refractivity contribution is 7.09. The topological polar surface area (TPSA) is 63.0 Å². The van der Waals surface area contributed by atoms with Crippen LogP contribution in [0.2, 0.25) is 0 Å². The van der Waals surface area contributed by atoms with Gasteiger partial charge >= 0.3 is 0 Å². The monoisotopic (exact) mass is 322 g/mol. The smallest absolute Gasteiger partial charge is 0.0982 e. The van der Waals surface area contributed by atoms with E-state index in [9.17, 15) is 0 Å². The molecule has 0 aliphatic rings. The Labute approximate surface area is 136 Å². The van der Waals surface area contributed by atoms with E-state index in [0.717, 1.165) is 30.2 Å². The second-order valence-corrected chi connectivity index (χ2v) is 7.45. The molecule has 2 aromatic rings. The molecule has 2 rings (SSSR count). The van der Waals surface area contributed by atoms with E-state index in [-0.39, 0.29) is 12.0 Å². The van der Waals surface area contributed by atoms with Crippen LogP contribution in [0.15, 0.2) is 5.38 Å². The van der Waals surface area contributed by atoms with E-state index in [1.165, 1.54) is 10.6 Å². The number of rotatable bonds is 6. The van der Waals surface area contributed by atoms with Crippen LogP contribution in [0.25, 0.3) is 0 Å². The lowest BCUT2D eigenvalue weighted by Gasteiger charge is -2.13. The number of hydrogen-bond donors (Lipinski definition) is 2. The van der Waals surface area contributed by atoms with Gasteiger partial charge in [-0.2, -0.15) is 5.10 Å². The van der Waals surface area contributed by atoms with E-state index < -0.39 is 0 Å². The van der Waals surface area contributed by atoms with Gasteiger partial charge < -0.3 is 10.4 Å². The molecule has 0 saturated carbocycles. The third-order valence-corrected chi connectivity index (χ3v) is 4.96. The lowest BCUT2D eigenvalue weighted by molar-refractivity contribution is 0.267. The fourth-order valence-electron chi connectivity index (χ4n) is 2.35. The Morgan fingerprint density at radius 3 is 2.59 bits per heavy atom. The Morgan fingerprint density at radius 1 is 1.27 bits per heavy atom. The summed E-state index contributed by atoms with van der Waals surface area (Å²) in [6.07, 6.45) is 0. The van der Waals surface area contributed by atoms with Gasteiger partial charge in [0.2, 0.25) is 0 Å². The van der Waals surface area contributed by atoms with Crippen molar-refractivity contribution >= 4 is 11.3 Å². The van der Waals surface area contributed by atoms with E-state index in [4.69, 9.17) is 10.1 Å². The summed E-state index contributed by atoms with van der Waals surface area (Å²) in [5.74, 6) is 0. The Kier molecular flexibility index (Phi) is 5.36. The van der Waals surface area contributed by atoms with Crippen molar-refractivity contribution in [2.24, 2.45) is 0 Å². The first-order valence-corrected chi connectivity index (χ1v) is 8.50. The number of aromatic nitrogens is 3. The van der Waals surface area contributed by atoms with Crippen LogP contribution in [0.1, 0.15) is 48.4 Å². The maximum Gasteiger partial charge on any atom is 0.0982 e. The maximum absolute atomic E-state index is 9.05. The first-order chi connectivity index (χ1) is 10.3. The van der Waals surface area contributed by atoms with Crippen LogP contribution in [0.5, 0.6) is 0 Å². The molecule has 5 nitrogen and oxygen atoms in total. The van der Waals surface area contributed by atoms with Crippen LogP contribution >= 0.6 is 11.3 Å². The summed E-state index contributed by atoms with van der Waals surface area (Å²) >= 11 is 1.72. The average molecular weight is 322 g/mol. The zero-order valence-corrected chi connectivity index (χ0v) is 14.9. The van der Waals surface area contributed by atoms with Crippen molar-refractivity contribution in [2.75, 3.05) is 6.61 Å². The SMILES string of the molecule is Cc1nn(CCO)c(C)c1CNCc1csc(C(C)(C)C)n1. The fraction of sp³-hybridized carbons (Fsp3) is 0.625. The van der Waals surface area contributed by atoms with E-state index in [1.54, 1.807) is 11.3 Å². The highest BCUT2D eigenvalue weighted by atomic mass is 32.1. The molecule has 0 aliphatic heterocycles. The van der Waals surface area contributed by atoms with Gasteiger partial charge in [0.1, 0.15) is 0 Å². The van der Waals surface area contributed by atoms with Crippen LogP contribution in [-0.4, -0.2) is 26.5 Å². The molecule has 0 bridgehead atoms. The number of aliphatic hydroxyl groups excluding tert-OH is 1. The van der Waals surface area contributed by atoms with Gasteiger partial charge in [0, 0.05) is 35.1 Å². The molecule has 2 heterocycles. The largest absolute Gasteiger partial charge is 0.394 e. The van der Waals surface area contributed by atoms with Gasteiger partial charge in [0.25, 0.3) is 0 Å². The second kappa shape index (κ2) is 6.89. The van der Waals surface area contributed by atoms with Gasteiger partial charge in [0.15, 0.2) is 0 Å². The normalized spacial score (nSPS) is 12.1. The van der Waals surface area contributed by atoms with Crippen LogP contribution in [-0.2, 0) is 25.0 Å². The van der Waals surface area contributed by atoms with Crippen molar-refractivity contribution in [3.05, 3.63) is 33.0 Å². The quantitative estimate of drug-likeness (QED) is 0.858. The molecule has 2 N–H and O–H groups in total. The van der Waals surface area contributed by atoms with Crippen LogP contribution in [0.4, 0.5) is 0 Å². The Balaban J connectivity index is 1.95. The zero-order chi connectivity index (χ0) is 16.3. The molecule has 0 radical (unpaired) electrons. The van der Waals surface area contributed by atoms with Crippen molar-refractivity contribution in [3.63, 3.8) is 0 Å². The predicted octanol–water partition coefficient (Wildman–Crippen LogP) is 2.54. The van der Waals surface area contributed by atoms with Crippen LogP contribution in [0, 0.1) is 13.8 Å². The van der Waals surface area contributed by atoms with Crippen molar-refractivity contribution in [1.82, 2.24) is 20.1 Å².